The van der Waals surface area contributed by atoms with Crippen molar-refractivity contribution in [2.24, 2.45) is 11.0 Å². The number of aliphatic hydroxyl groups is 1. The molecule has 3 heterocycles. The first-order valence-electron chi connectivity index (χ1n) is 11.8. The van der Waals surface area contributed by atoms with Crippen LogP contribution in [0.25, 0.3) is 0 Å². The van der Waals surface area contributed by atoms with Crippen molar-refractivity contribution < 1.29 is 14.6 Å². The summed E-state index contributed by atoms with van der Waals surface area (Å²) in [5.74, 6) is -0.0396. The maximum absolute atomic E-state index is 13.0. The summed E-state index contributed by atoms with van der Waals surface area (Å²) < 4.78 is 5.49. The summed E-state index contributed by atoms with van der Waals surface area (Å²) in [6.07, 6.45) is 4.51. The van der Waals surface area contributed by atoms with Crippen LogP contribution in [0.2, 0.25) is 0 Å². The number of aromatic nitrogens is 1. The van der Waals surface area contributed by atoms with Gasteiger partial charge in [0.25, 0.3) is 5.91 Å². The number of ether oxygens (including phenoxy) is 1. The first kappa shape index (κ1) is 24.6. The molecule has 1 aromatic carbocycles. The number of amides is 1. The molecule has 1 aromatic heterocycles. The zero-order valence-corrected chi connectivity index (χ0v) is 20.6. The highest BCUT2D eigenvalue weighted by atomic mass is 16.5. The lowest BCUT2D eigenvalue weighted by Crippen LogP contribution is -2.37. The first-order valence-corrected chi connectivity index (χ1v) is 11.8. The minimum atomic E-state index is -0.794. The van der Waals surface area contributed by atoms with Crippen molar-refractivity contribution in [3.8, 4) is 6.07 Å². The summed E-state index contributed by atoms with van der Waals surface area (Å²) in [5, 5.41) is 29.3. The van der Waals surface area contributed by atoms with Gasteiger partial charge < -0.3 is 15.2 Å². The van der Waals surface area contributed by atoms with Crippen molar-refractivity contribution in [2.75, 3.05) is 25.6 Å². The molecule has 2 aliphatic rings. The molecule has 182 valence electrons. The monoisotopic (exact) mass is 473 g/mol. The van der Waals surface area contributed by atoms with E-state index in [9.17, 15) is 15.2 Å². The number of anilines is 1. The predicted molar refractivity (Wildman–Crippen MR) is 134 cm³/mol. The molecular formula is C27H31N5O3. The molecule has 8 nitrogen and oxygen atoms in total. The average Bonchev–Trinajstić information content (AvgIpc) is 2.87. The molecule has 2 aromatic rings. The Labute approximate surface area is 205 Å². The molecule has 0 aliphatic carbocycles. The maximum Gasteiger partial charge on any atom is 0.255 e. The van der Waals surface area contributed by atoms with Gasteiger partial charge in [0.2, 0.25) is 0 Å². The van der Waals surface area contributed by atoms with Crippen LogP contribution in [-0.2, 0) is 10.2 Å². The van der Waals surface area contributed by atoms with Crippen molar-refractivity contribution in [1.29, 1.82) is 5.26 Å². The molecule has 1 atom stereocenters. The third kappa shape index (κ3) is 5.26. The van der Waals surface area contributed by atoms with Crippen LogP contribution in [0.15, 0.2) is 53.3 Å². The predicted octanol–water partition coefficient (Wildman–Crippen LogP) is 3.76. The Morgan fingerprint density at radius 2 is 2.00 bits per heavy atom. The van der Waals surface area contributed by atoms with E-state index in [4.69, 9.17) is 4.74 Å². The molecule has 0 bridgehead atoms. The van der Waals surface area contributed by atoms with E-state index in [1.54, 1.807) is 44.2 Å². The highest BCUT2D eigenvalue weighted by Crippen LogP contribution is 2.31. The van der Waals surface area contributed by atoms with Crippen LogP contribution < -0.4 is 5.32 Å². The number of aryl methyl sites for hydroxylation is 1. The van der Waals surface area contributed by atoms with Gasteiger partial charge in [0.15, 0.2) is 6.23 Å². The first-order chi connectivity index (χ1) is 16.7. The molecule has 1 saturated heterocycles. The second-order valence-corrected chi connectivity index (χ2v) is 9.61. The van der Waals surface area contributed by atoms with Gasteiger partial charge in [-0.15, -0.1) is 0 Å². The molecule has 8 heteroatoms. The van der Waals surface area contributed by atoms with Crippen molar-refractivity contribution in [2.45, 2.75) is 45.3 Å². The van der Waals surface area contributed by atoms with Gasteiger partial charge in [-0.05, 0) is 81.0 Å². The van der Waals surface area contributed by atoms with Gasteiger partial charge >= 0.3 is 0 Å². The molecule has 0 radical (unpaired) electrons. The normalized spacial score (nSPS) is 19.0. The van der Waals surface area contributed by atoms with E-state index in [0.717, 1.165) is 35.3 Å². The molecule has 1 fully saturated rings. The molecular weight excluding hydrogens is 442 g/mol. The standard InChI is InChI=1S/C27H31N5O3/c1-17-5-6-20(30-25(33)19-7-10-29-24(13-19)27(2,3)16-28)14-21(17)23-15-22(26(34)32(4)31-23)18-8-11-35-12-9-18/h5-7,10,13-15,18,26,34H,8-9,11-12H2,1-4H3,(H,30,33). The van der Waals surface area contributed by atoms with E-state index in [2.05, 4.69) is 21.5 Å². The van der Waals surface area contributed by atoms with Crippen molar-refractivity contribution in [3.63, 3.8) is 0 Å². The van der Waals surface area contributed by atoms with E-state index >= 15 is 0 Å². The van der Waals surface area contributed by atoms with Crippen molar-refractivity contribution >= 4 is 17.3 Å². The molecule has 4 rings (SSSR count). The van der Waals surface area contributed by atoms with E-state index < -0.39 is 11.6 Å². The quantitative estimate of drug-likeness (QED) is 0.684. The summed E-state index contributed by atoms with van der Waals surface area (Å²) >= 11 is 0. The third-order valence-electron chi connectivity index (χ3n) is 6.63. The van der Waals surface area contributed by atoms with E-state index in [1.807, 2.05) is 31.2 Å². The lowest BCUT2D eigenvalue weighted by atomic mass is 9.87. The lowest BCUT2D eigenvalue weighted by molar-refractivity contribution is 0.0244. The zero-order valence-electron chi connectivity index (χ0n) is 20.6. The summed E-state index contributed by atoms with van der Waals surface area (Å²) in [6.45, 7) is 6.91. The fourth-order valence-electron chi connectivity index (χ4n) is 4.34. The molecule has 0 spiro atoms. The second kappa shape index (κ2) is 9.98. The third-order valence-corrected chi connectivity index (χ3v) is 6.63. The minimum absolute atomic E-state index is 0.244. The van der Waals surface area contributed by atoms with E-state index in [1.165, 1.54) is 0 Å². The number of pyridine rings is 1. The fourth-order valence-corrected chi connectivity index (χ4v) is 4.34. The van der Waals surface area contributed by atoms with E-state index in [-0.39, 0.29) is 11.8 Å². The SMILES string of the molecule is Cc1ccc(NC(=O)c2ccnc(C(C)(C)C#N)c2)cc1C1=NN(C)C(O)C(C2CCOCC2)=C1. The van der Waals surface area contributed by atoms with Crippen molar-refractivity contribution in [3.05, 3.63) is 70.6 Å². The minimum Gasteiger partial charge on any atom is -0.381 e. The summed E-state index contributed by atoms with van der Waals surface area (Å²) in [7, 11) is 1.77. The summed E-state index contributed by atoms with van der Waals surface area (Å²) in [4.78, 5) is 17.3. The van der Waals surface area contributed by atoms with Crippen molar-refractivity contribution in [1.82, 2.24) is 9.99 Å². The Morgan fingerprint density at radius 3 is 2.71 bits per heavy atom. The highest BCUT2D eigenvalue weighted by molar-refractivity contribution is 6.11. The number of nitrogens with zero attached hydrogens (tertiary/aromatic N) is 4. The number of benzene rings is 1. The van der Waals surface area contributed by atoms with Gasteiger partial charge in [-0.2, -0.15) is 10.4 Å². The smallest absolute Gasteiger partial charge is 0.255 e. The Kier molecular flexibility index (Phi) is 7.01. The van der Waals surface area contributed by atoms with Gasteiger partial charge in [-0.3, -0.25) is 14.8 Å². The zero-order chi connectivity index (χ0) is 25.2. The van der Waals surface area contributed by atoms with Crippen LogP contribution in [0.1, 0.15) is 53.9 Å². The molecule has 0 saturated carbocycles. The average molecular weight is 474 g/mol. The Morgan fingerprint density at radius 1 is 1.26 bits per heavy atom. The van der Waals surface area contributed by atoms with Gasteiger partial charge in [0, 0.05) is 43.3 Å². The van der Waals surface area contributed by atoms with Gasteiger partial charge in [0.1, 0.15) is 0 Å². The number of carbonyl (C=O) groups excluding carboxylic acids is 1. The van der Waals surface area contributed by atoms with Gasteiger partial charge in [0.05, 0.1) is 22.9 Å². The number of nitriles is 1. The van der Waals surface area contributed by atoms with Crippen LogP contribution in [0.4, 0.5) is 5.69 Å². The van der Waals surface area contributed by atoms with Crippen LogP contribution in [0.5, 0.6) is 0 Å². The van der Waals surface area contributed by atoms with Crippen LogP contribution >= 0.6 is 0 Å². The Bertz CT molecular complexity index is 1220. The fraction of sp³-hybridized carbons (Fsp3) is 0.407. The molecule has 1 amide bonds. The maximum atomic E-state index is 13.0. The highest BCUT2D eigenvalue weighted by Gasteiger charge is 2.30. The molecule has 2 aliphatic heterocycles. The summed E-state index contributed by atoms with van der Waals surface area (Å²) in [6, 6.07) is 11.2. The summed E-state index contributed by atoms with van der Waals surface area (Å²) in [5.41, 5.74) is 4.39. The number of rotatable bonds is 5. The Balaban J connectivity index is 1.60. The topological polar surface area (TPSA) is 111 Å². The number of nitrogens with one attached hydrogen (secondary N) is 1. The van der Waals surface area contributed by atoms with Crippen LogP contribution in [-0.4, -0.2) is 53.2 Å². The largest absolute Gasteiger partial charge is 0.381 e. The number of hydrogen-bond donors (Lipinski definition) is 2. The number of allylic oxidation sites excluding steroid dienone is 1. The van der Waals surface area contributed by atoms with Gasteiger partial charge in [-0.25, -0.2) is 0 Å². The van der Waals surface area contributed by atoms with Crippen LogP contribution in [0.3, 0.4) is 0 Å². The Hall–Kier alpha value is -3.54. The molecule has 2 N–H and O–H groups in total. The molecule has 1 unspecified atom stereocenters. The van der Waals surface area contributed by atoms with E-state index in [0.29, 0.717) is 30.2 Å². The molecule has 35 heavy (non-hydrogen) atoms. The number of hydrogen-bond acceptors (Lipinski definition) is 7. The number of likely N-dealkylation sites (N-methyl/N-ethyl adjacent to an activating group) is 1. The number of carbonyl (C=O) groups is 1. The number of aliphatic hydroxyl groups excluding tert-OH is 1. The van der Waals surface area contributed by atoms with Gasteiger partial charge in [-0.1, -0.05) is 6.07 Å². The number of hydrazone groups is 1. The lowest BCUT2D eigenvalue weighted by Gasteiger charge is -2.34. The van der Waals surface area contributed by atoms with Crippen LogP contribution in [0, 0.1) is 24.2 Å². The second-order valence-electron chi connectivity index (χ2n) is 9.61.